The van der Waals surface area contributed by atoms with Crippen molar-refractivity contribution in [2.24, 2.45) is 5.92 Å². The summed E-state index contributed by atoms with van der Waals surface area (Å²) >= 11 is 1.84. The summed E-state index contributed by atoms with van der Waals surface area (Å²) in [5.74, 6) is 1.24. The van der Waals surface area contributed by atoms with Gasteiger partial charge in [-0.2, -0.15) is 0 Å². The van der Waals surface area contributed by atoms with Crippen molar-refractivity contribution in [1.82, 2.24) is 10.3 Å². The van der Waals surface area contributed by atoms with Crippen molar-refractivity contribution in [3.8, 4) is 0 Å². The molecule has 1 aromatic rings. The van der Waals surface area contributed by atoms with Gasteiger partial charge in [-0.1, -0.05) is 27.7 Å². The van der Waals surface area contributed by atoms with Crippen LogP contribution in [0.5, 0.6) is 0 Å². The fraction of sp³-hybridized carbons (Fsp3) is 0.800. The minimum absolute atomic E-state index is 0.547. The van der Waals surface area contributed by atoms with E-state index < -0.39 is 0 Å². The van der Waals surface area contributed by atoms with Crippen LogP contribution >= 0.6 is 11.3 Å². The first-order valence-corrected chi connectivity index (χ1v) is 8.22. The molecule has 110 valence electrons. The third-order valence-electron chi connectivity index (χ3n) is 3.43. The Kier molecular flexibility index (Phi) is 6.80. The topological polar surface area (TPSA) is 28.2 Å². The summed E-state index contributed by atoms with van der Waals surface area (Å²) in [7, 11) is 2.12. The molecule has 0 aliphatic heterocycles. The Morgan fingerprint density at radius 3 is 2.47 bits per heavy atom. The van der Waals surface area contributed by atoms with Gasteiger partial charge in [0.2, 0.25) is 0 Å². The van der Waals surface area contributed by atoms with E-state index in [-0.39, 0.29) is 0 Å². The first-order chi connectivity index (χ1) is 8.99. The maximum Gasteiger partial charge on any atom is 0.185 e. The highest BCUT2D eigenvalue weighted by Crippen LogP contribution is 2.31. The van der Waals surface area contributed by atoms with Crippen molar-refractivity contribution >= 4 is 16.5 Å². The van der Waals surface area contributed by atoms with Gasteiger partial charge in [0.25, 0.3) is 0 Å². The predicted octanol–water partition coefficient (Wildman–Crippen LogP) is 3.86. The van der Waals surface area contributed by atoms with E-state index in [4.69, 9.17) is 4.98 Å². The molecule has 0 saturated heterocycles. The van der Waals surface area contributed by atoms with E-state index in [9.17, 15) is 0 Å². The number of thiazole rings is 1. The SMILES string of the molecule is CCC(C)c1nc(N(C)CC)sc1CNCC(C)C. The summed E-state index contributed by atoms with van der Waals surface area (Å²) in [6, 6.07) is 0. The monoisotopic (exact) mass is 283 g/mol. The van der Waals surface area contributed by atoms with Crippen LogP contribution < -0.4 is 10.2 Å². The number of hydrogen-bond donors (Lipinski definition) is 1. The van der Waals surface area contributed by atoms with Crippen LogP contribution in [-0.2, 0) is 6.54 Å². The molecule has 1 aromatic heterocycles. The molecule has 1 rings (SSSR count). The van der Waals surface area contributed by atoms with Crippen LogP contribution in [0.4, 0.5) is 5.13 Å². The van der Waals surface area contributed by atoms with Gasteiger partial charge in [-0.15, -0.1) is 11.3 Å². The zero-order valence-electron chi connectivity index (χ0n) is 13.3. The molecule has 4 heteroatoms. The summed E-state index contributed by atoms with van der Waals surface area (Å²) in [5.41, 5.74) is 1.29. The lowest BCUT2D eigenvalue weighted by molar-refractivity contribution is 0.551. The van der Waals surface area contributed by atoms with E-state index >= 15 is 0 Å². The Labute approximate surface area is 122 Å². The van der Waals surface area contributed by atoms with Crippen LogP contribution in [0.1, 0.15) is 57.5 Å². The Bertz CT molecular complexity index is 373. The summed E-state index contributed by atoms with van der Waals surface area (Å²) in [4.78, 5) is 8.49. The van der Waals surface area contributed by atoms with Gasteiger partial charge in [0.05, 0.1) is 5.69 Å². The van der Waals surface area contributed by atoms with Gasteiger partial charge in [-0.05, 0) is 31.7 Å². The number of nitrogens with zero attached hydrogens (tertiary/aromatic N) is 2. The Hall–Kier alpha value is -0.610. The molecule has 1 N–H and O–H groups in total. The van der Waals surface area contributed by atoms with Crippen LogP contribution in [0.25, 0.3) is 0 Å². The molecule has 0 amide bonds. The number of rotatable bonds is 8. The zero-order chi connectivity index (χ0) is 14.4. The number of aromatic nitrogens is 1. The van der Waals surface area contributed by atoms with Crippen molar-refractivity contribution in [3.63, 3.8) is 0 Å². The van der Waals surface area contributed by atoms with Crippen LogP contribution in [0.2, 0.25) is 0 Å². The van der Waals surface area contributed by atoms with Crippen molar-refractivity contribution in [3.05, 3.63) is 10.6 Å². The van der Waals surface area contributed by atoms with Crippen molar-refractivity contribution < 1.29 is 0 Å². The molecule has 0 aromatic carbocycles. The van der Waals surface area contributed by atoms with Gasteiger partial charge in [0.15, 0.2) is 5.13 Å². The maximum atomic E-state index is 4.85. The number of hydrogen-bond acceptors (Lipinski definition) is 4. The lowest BCUT2D eigenvalue weighted by Gasteiger charge is -2.11. The molecule has 19 heavy (non-hydrogen) atoms. The first kappa shape index (κ1) is 16.4. The van der Waals surface area contributed by atoms with Crippen molar-refractivity contribution in [2.75, 3.05) is 25.0 Å². The summed E-state index contributed by atoms with van der Waals surface area (Å²) in [5, 5.41) is 4.69. The van der Waals surface area contributed by atoms with E-state index in [1.807, 2.05) is 11.3 Å². The molecule has 1 atom stereocenters. The average Bonchev–Trinajstić information content (AvgIpc) is 2.80. The maximum absolute atomic E-state index is 4.85. The largest absolute Gasteiger partial charge is 0.351 e. The molecule has 0 saturated carbocycles. The van der Waals surface area contributed by atoms with Gasteiger partial charge in [0, 0.05) is 25.0 Å². The smallest absolute Gasteiger partial charge is 0.185 e. The Balaban J connectivity index is 2.83. The fourth-order valence-corrected chi connectivity index (χ4v) is 3.00. The molecule has 3 nitrogen and oxygen atoms in total. The normalized spacial score (nSPS) is 13.0. The van der Waals surface area contributed by atoms with E-state index in [0.717, 1.165) is 31.2 Å². The zero-order valence-corrected chi connectivity index (χ0v) is 14.1. The third kappa shape index (κ3) is 4.77. The van der Waals surface area contributed by atoms with E-state index in [1.165, 1.54) is 10.6 Å². The molecule has 0 radical (unpaired) electrons. The average molecular weight is 283 g/mol. The van der Waals surface area contributed by atoms with Crippen molar-refractivity contribution in [2.45, 2.75) is 53.5 Å². The fourth-order valence-electron chi connectivity index (χ4n) is 1.83. The summed E-state index contributed by atoms with van der Waals surface area (Å²) < 4.78 is 0. The quantitative estimate of drug-likeness (QED) is 0.785. The molecular weight excluding hydrogens is 254 g/mol. The molecule has 1 unspecified atom stereocenters. The van der Waals surface area contributed by atoms with Gasteiger partial charge >= 0.3 is 0 Å². The summed E-state index contributed by atoms with van der Waals surface area (Å²) in [6.07, 6.45) is 1.15. The molecule has 0 spiro atoms. The molecule has 0 bridgehead atoms. The lowest BCUT2D eigenvalue weighted by atomic mass is 10.0. The van der Waals surface area contributed by atoms with Crippen LogP contribution in [0.15, 0.2) is 0 Å². The second-order valence-electron chi connectivity index (χ2n) is 5.65. The van der Waals surface area contributed by atoms with Gasteiger partial charge in [0.1, 0.15) is 0 Å². The Morgan fingerprint density at radius 1 is 1.26 bits per heavy atom. The van der Waals surface area contributed by atoms with Crippen LogP contribution in [-0.4, -0.2) is 25.1 Å². The van der Waals surface area contributed by atoms with Gasteiger partial charge < -0.3 is 10.2 Å². The number of anilines is 1. The van der Waals surface area contributed by atoms with Gasteiger partial charge in [-0.3, -0.25) is 0 Å². The number of nitrogens with one attached hydrogen (secondary N) is 1. The second-order valence-corrected chi connectivity index (χ2v) is 6.72. The lowest BCUT2D eigenvalue weighted by Crippen LogP contribution is -2.19. The van der Waals surface area contributed by atoms with Gasteiger partial charge in [-0.25, -0.2) is 4.98 Å². The third-order valence-corrected chi connectivity index (χ3v) is 4.62. The highest BCUT2D eigenvalue weighted by Gasteiger charge is 2.17. The minimum atomic E-state index is 0.547. The molecule has 0 fully saturated rings. The molecule has 1 heterocycles. The van der Waals surface area contributed by atoms with E-state index in [0.29, 0.717) is 11.8 Å². The summed E-state index contributed by atoms with van der Waals surface area (Å²) in [6.45, 7) is 14.2. The standard InChI is InChI=1S/C15H29N3S/c1-7-12(5)14-13(10-16-9-11(3)4)19-15(17-14)18(6)8-2/h11-12,16H,7-10H2,1-6H3. The van der Waals surface area contributed by atoms with Crippen LogP contribution in [0.3, 0.4) is 0 Å². The molecule has 0 aliphatic rings. The molecule has 0 aliphatic carbocycles. The van der Waals surface area contributed by atoms with E-state index in [2.05, 4.69) is 51.9 Å². The predicted molar refractivity (Wildman–Crippen MR) is 86.3 cm³/mol. The van der Waals surface area contributed by atoms with Crippen molar-refractivity contribution in [1.29, 1.82) is 0 Å². The highest BCUT2D eigenvalue weighted by atomic mass is 32.1. The minimum Gasteiger partial charge on any atom is -0.351 e. The Morgan fingerprint density at radius 2 is 1.95 bits per heavy atom. The van der Waals surface area contributed by atoms with Crippen LogP contribution in [0, 0.1) is 5.92 Å². The second kappa shape index (κ2) is 7.85. The highest BCUT2D eigenvalue weighted by molar-refractivity contribution is 7.15. The molecular formula is C15H29N3S. The van der Waals surface area contributed by atoms with E-state index in [1.54, 1.807) is 0 Å². The first-order valence-electron chi connectivity index (χ1n) is 7.40.